The van der Waals surface area contributed by atoms with Crippen molar-refractivity contribution in [2.45, 2.75) is 31.1 Å². The minimum atomic E-state index is 0.375. The van der Waals surface area contributed by atoms with Crippen LogP contribution in [0.25, 0.3) is 0 Å². The predicted molar refractivity (Wildman–Crippen MR) is 59.1 cm³/mol. The molecule has 76 valence electrons. The Morgan fingerprint density at radius 3 is 2.62 bits per heavy atom. The van der Waals surface area contributed by atoms with Crippen molar-refractivity contribution >= 4 is 11.8 Å². The van der Waals surface area contributed by atoms with E-state index in [1.165, 1.54) is 44.6 Å². The topological polar surface area (TPSA) is 24.1 Å². The van der Waals surface area contributed by atoms with Crippen LogP contribution in [0.5, 0.6) is 0 Å². The summed E-state index contributed by atoms with van der Waals surface area (Å²) in [7, 11) is 0. The van der Waals surface area contributed by atoms with Crippen LogP contribution >= 0.6 is 11.8 Å². The van der Waals surface area contributed by atoms with Gasteiger partial charge in [-0.2, -0.15) is 0 Å². The van der Waals surface area contributed by atoms with Gasteiger partial charge >= 0.3 is 0 Å². The van der Waals surface area contributed by atoms with Gasteiger partial charge in [0.2, 0.25) is 0 Å². The predicted octanol–water partition coefficient (Wildman–Crippen LogP) is 1.43. The fourth-order valence-electron chi connectivity index (χ4n) is 2.38. The molecule has 2 aliphatic heterocycles. The van der Waals surface area contributed by atoms with Crippen molar-refractivity contribution in [2.75, 3.05) is 25.4 Å². The Morgan fingerprint density at radius 2 is 2.00 bits per heavy atom. The summed E-state index contributed by atoms with van der Waals surface area (Å²) >= 11 is 2.13. The zero-order chi connectivity index (χ0) is 9.15. The smallest absolute Gasteiger partial charge is 0.0646 e. The molecule has 0 radical (unpaired) electrons. The van der Waals surface area contributed by atoms with Gasteiger partial charge in [-0.3, -0.25) is 0 Å². The van der Waals surface area contributed by atoms with Crippen LogP contribution in [0.15, 0.2) is 0 Å². The first-order chi connectivity index (χ1) is 6.31. The summed E-state index contributed by atoms with van der Waals surface area (Å²) in [5, 5.41) is 7.13. The van der Waals surface area contributed by atoms with Crippen molar-refractivity contribution in [1.29, 1.82) is 0 Å². The van der Waals surface area contributed by atoms with Gasteiger partial charge in [0, 0.05) is 0 Å². The van der Waals surface area contributed by atoms with E-state index in [-0.39, 0.29) is 0 Å². The van der Waals surface area contributed by atoms with Gasteiger partial charge in [-0.1, -0.05) is 0 Å². The van der Waals surface area contributed by atoms with E-state index in [1.807, 2.05) is 0 Å². The van der Waals surface area contributed by atoms with Crippen molar-refractivity contribution in [3.8, 4) is 0 Å². The van der Waals surface area contributed by atoms with Gasteiger partial charge < -0.3 is 10.6 Å². The molecular formula is C10H20N2S. The molecule has 1 unspecified atom stereocenters. The highest BCUT2D eigenvalue weighted by Crippen LogP contribution is 2.37. The van der Waals surface area contributed by atoms with Crippen LogP contribution in [0.2, 0.25) is 0 Å². The minimum absolute atomic E-state index is 0.375. The Balaban J connectivity index is 1.94. The maximum absolute atomic E-state index is 3.70. The average Bonchev–Trinajstić information content (AvgIpc) is 2.20. The zero-order valence-corrected chi connectivity index (χ0v) is 9.25. The Bertz CT molecular complexity index is 160. The largest absolute Gasteiger partial charge is 0.317 e. The second-order valence-electron chi connectivity index (χ2n) is 4.26. The maximum atomic E-state index is 3.70. The number of nitrogens with one attached hydrogen (secondary N) is 2. The fourth-order valence-corrected chi connectivity index (χ4v) is 3.77. The van der Waals surface area contributed by atoms with E-state index in [0.29, 0.717) is 4.87 Å². The van der Waals surface area contributed by atoms with E-state index in [9.17, 15) is 0 Å². The normalized spacial score (nSPS) is 37.6. The van der Waals surface area contributed by atoms with Crippen LogP contribution in [-0.2, 0) is 0 Å². The number of piperidine rings is 1. The molecule has 2 saturated heterocycles. The first-order valence-corrected chi connectivity index (χ1v) is 6.39. The van der Waals surface area contributed by atoms with Crippen LogP contribution in [-0.4, -0.2) is 30.3 Å². The third-order valence-electron chi connectivity index (χ3n) is 3.32. The molecule has 0 aromatic carbocycles. The summed E-state index contributed by atoms with van der Waals surface area (Å²) in [5.41, 5.74) is 0. The molecule has 0 aromatic rings. The van der Waals surface area contributed by atoms with Gasteiger partial charge in [0.05, 0.1) is 4.87 Å². The van der Waals surface area contributed by atoms with Crippen molar-refractivity contribution in [2.24, 2.45) is 5.92 Å². The number of thioether (sulfide) groups is 1. The quantitative estimate of drug-likeness (QED) is 0.669. The van der Waals surface area contributed by atoms with E-state index in [1.54, 1.807) is 0 Å². The molecule has 0 spiro atoms. The van der Waals surface area contributed by atoms with Crippen LogP contribution in [0, 0.1) is 5.92 Å². The van der Waals surface area contributed by atoms with E-state index >= 15 is 0 Å². The van der Waals surface area contributed by atoms with Crippen molar-refractivity contribution in [3.05, 3.63) is 0 Å². The molecule has 3 heteroatoms. The summed E-state index contributed by atoms with van der Waals surface area (Å²) in [5.74, 6) is 2.21. The lowest BCUT2D eigenvalue weighted by molar-refractivity contribution is 0.263. The second kappa shape index (κ2) is 4.20. The molecule has 0 aliphatic carbocycles. The average molecular weight is 200 g/mol. The summed E-state index contributed by atoms with van der Waals surface area (Å²) in [6.07, 6.45) is 4.03. The van der Waals surface area contributed by atoms with Crippen LogP contribution in [0.3, 0.4) is 0 Å². The second-order valence-corrected chi connectivity index (χ2v) is 5.81. The van der Waals surface area contributed by atoms with E-state index in [4.69, 9.17) is 0 Å². The SMILES string of the molecule is CC1(C2CCNCC2)NCCCS1. The molecule has 2 aliphatic rings. The lowest BCUT2D eigenvalue weighted by Crippen LogP contribution is -2.52. The molecule has 0 bridgehead atoms. The van der Waals surface area contributed by atoms with Gasteiger partial charge in [-0.25, -0.2) is 0 Å². The lowest BCUT2D eigenvalue weighted by atomic mass is 9.90. The summed E-state index contributed by atoms with van der Waals surface area (Å²) in [4.78, 5) is 0.375. The molecule has 1 atom stereocenters. The van der Waals surface area contributed by atoms with Crippen LogP contribution in [0.4, 0.5) is 0 Å². The van der Waals surface area contributed by atoms with Gasteiger partial charge in [0.15, 0.2) is 0 Å². The Morgan fingerprint density at radius 1 is 1.23 bits per heavy atom. The molecule has 2 rings (SSSR count). The fraction of sp³-hybridized carbons (Fsp3) is 1.00. The minimum Gasteiger partial charge on any atom is -0.317 e. The number of rotatable bonds is 1. The van der Waals surface area contributed by atoms with Crippen molar-refractivity contribution in [1.82, 2.24) is 10.6 Å². The summed E-state index contributed by atoms with van der Waals surface area (Å²) < 4.78 is 0. The molecule has 0 aromatic heterocycles. The zero-order valence-electron chi connectivity index (χ0n) is 8.44. The van der Waals surface area contributed by atoms with Gasteiger partial charge in [0.25, 0.3) is 0 Å². The molecule has 2 fully saturated rings. The third-order valence-corrected chi connectivity index (χ3v) is 4.89. The summed E-state index contributed by atoms with van der Waals surface area (Å²) in [6.45, 7) is 6.03. The third kappa shape index (κ3) is 2.20. The highest BCUT2D eigenvalue weighted by molar-refractivity contribution is 8.00. The number of hydrogen-bond donors (Lipinski definition) is 2. The number of hydrogen-bond acceptors (Lipinski definition) is 3. The summed E-state index contributed by atoms with van der Waals surface area (Å²) in [6, 6.07) is 0. The lowest BCUT2D eigenvalue weighted by Gasteiger charge is -2.43. The Hall–Kier alpha value is 0.270. The van der Waals surface area contributed by atoms with Crippen molar-refractivity contribution in [3.63, 3.8) is 0 Å². The highest BCUT2D eigenvalue weighted by Gasteiger charge is 2.36. The van der Waals surface area contributed by atoms with E-state index in [2.05, 4.69) is 29.3 Å². The standard InChI is InChI=1S/C10H20N2S/c1-10(12-5-2-8-13-10)9-3-6-11-7-4-9/h9,11-12H,2-8H2,1H3. The first-order valence-electron chi connectivity index (χ1n) is 5.41. The Kier molecular flexibility index (Phi) is 3.17. The molecular weight excluding hydrogens is 180 g/mol. The van der Waals surface area contributed by atoms with E-state index in [0.717, 1.165) is 5.92 Å². The maximum Gasteiger partial charge on any atom is 0.0646 e. The first kappa shape index (κ1) is 9.81. The van der Waals surface area contributed by atoms with Gasteiger partial charge in [-0.15, -0.1) is 11.8 Å². The highest BCUT2D eigenvalue weighted by atomic mass is 32.2. The van der Waals surface area contributed by atoms with Crippen LogP contribution < -0.4 is 10.6 Å². The Labute approximate surface area is 85.2 Å². The van der Waals surface area contributed by atoms with Crippen molar-refractivity contribution < 1.29 is 0 Å². The van der Waals surface area contributed by atoms with Gasteiger partial charge in [-0.05, 0) is 57.5 Å². The monoisotopic (exact) mass is 200 g/mol. The molecule has 2 heterocycles. The molecule has 0 saturated carbocycles. The molecule has 13 heavy (non-hydrogen) atoms. The molecule has 2 nitrogen and oxygen atoms in total. The van der Waals surface area contributed by atoms with Crippen LogP contribution in [0.1, 0.15) is 26.2 Å². The molecule has 2 N–H and O–H groups in total. The molecule has 0 amide bonds. The van der Waals surface area contributed by atoms with E-state index < -0.39 is 0 Å². The van der Waals surface area contributed by atoms with Gasteiger partial charge in [0.1, 0.15) is 0 Å².